The van der Waals surface area contributed by atoms with Crippen molar-refractivity contribution in [3.63, 3.8) is 0 Å². The zero-order valence-corrected chi connectivity index (χ0v) is 45.9. The van der Waals surface area contributed by atoms with Gasteiger partial charge >= 0.3 is 0 Å². The summed E-state index contributed by atoms with van der Waals surface area (Å²) in [5.74, 6) is -0.245. The molecule has 2 saturated heterocycles. The summed E-state index contributed by atoms with van der Waals surface area (Å²) in [5, 5.41) is 6.00. The number of imide groups is 2. The molecule has 19 heteroatoms. The Morgan fingerprint density at radius 2 is 1.47 bits per heavy atom. The van der Waals surface area contributed by atoms with Gasteiger partial charge in [-0.05, 0) is 129 Å². The number of methoxy groups -OCH3 is 1. The normalized spacial score (nSPS) is 20.7. The number of carbonyl (C=O) groups is 6. The molecule has 416 valence electrons. The van der Waals surface area contributed by atoms with Gasteiger partial charge in [0.2, 0.25) is 23.6 Å². The lowest BCUT2D eigenvalue weighted by Crippen LogP contribution is -2.54. The van der Waals surface area contributed by atoms with E-state index in [0.717, 1.165) is 91.4 Å². The smallest absolute Gasteiger partial charge is 0.264 e. The van der Waals surface area contributed by atoms with Gasteiger partial charge in [0, 0.05) is 80.9 Å². The highest BCUT2D eigenvalue weighted by Gasteiger charge is 2.46. The molecular formula is C59H72ClN7O11. The van der Waals surface area contributed by atoms with Crippen LogP contribution < -0.4 is 29.9 Å². The highest BCUT2D eigenvalue weighted by molar-refractivity contribution is 6.30. The highest BCUT2D eigenvalue weighted by atomic mass is 35.5. The Balaban J connectivity index is 0.636. The van der Waals surface area contributed by atoms with Crippen molar-refractivity contribution in [2.24, 2.45) is 5.92 Å². The van der Waals surface area contributed by atoms with Crippen LogP contribution >= 0.6 is 11.6 Å². The Kier molecular flexibility index (Phi) is 18.7. The largest absolute Gasteiger partial charge is 0.493 e. The molecule has 5 aliphatic rings. The fourth-order valence-corrected chi connectivity index (χ4v) is 11.6. The van der Waals surface area contributed by atoms with Crippen LogP contribution in [0.1, 0.15) is 102 Å². The SMILES string of the molecule is COc1cc2c(cc1OC(C)C)[C@H](c1ccc(Cl)cc1)N(c1ccc(N(C)C[C@H]3CC[C@H](N4CCN(C(=O)CCOCCOCCOCCNc5cccc6c5C(=O)N(C5CCC(=O)NC5=O)C6=O)CC4)CC3)cc1)C(=O)C2. The molecule has 3 fully saturated rings. The van der Waals surface area contributed by atoms with Crippen molar-refractivity contribution < 1.29 is 52.5 Å². The minimum absolute atomic E-state index is 0.00347. The Morgan fingerprint density at radius 3 is 2.15 bits per heavy atom. The summed E-state index contributed by atoms with van der Waals surface area (Å²) in [5.41, 5.74) is 5.68. The number of nitrogens with one attached hydrogen (secondary N) is 2. The van der Waals surface area contributed by atoms with Crippen LogP contribution in [0.15, 0.2) is 78.9 Å². The third-order valence-electron chi connectivity index (χ3n) is 15.5. The van der Waals surface area contributed by atoms with Crippen LogP contribution in [0.25, 0.3) is 0 Å². The van der Waals surface area contributed by atoms with Crippen molar-refractivity contribution >= 4 is 64.1 Å². The van der Waals surface area contributed by atoms with Gasteiger partial charge in [0.05, 0.1) is 82.9 Å². The van der Waals surface area contributed by atoms with E-state index in [0.29, 0.717) is 86.8 Å². The molecule has 0 radical (unpaired) electrons. The minimum Gasteiger partial charge on any atom is -0.493 e. The number of piperazine rings is 1. The molecular weight excluding hydrogens is 1020 g/mol. The fraction of sp³-hybridized carbons (Fsp3) is 0.492. The van der Waals surface area contributed by atoms with E-state index in [1.807, 2.05) is 60.0 Å². The number of hydrogen-bond acceptors (Lipinski definition) is 14. The number of benzene rings is 4. The Labute approximate surface area is 461 Å². The summed E-state index contributed by atoms with van der Waals surface area (Å²) in [6.45, 7) is 10.6. The molecule has 1 saturated carbocycles. The molecule has 4 aromatic carbocycles. The van der Waals surface area contributed by atoms with Gasteiger partial charge < -0.3 is 43.7 Å². The number of halogens is 1. The minimum atomic E-state index is -1.02. The molecule has 78 heavy (non-hydrogen) atoms. The average molecular weight is 1090 g/mol. The second-order valence-electron chi connectivity index (χ2n) is 20.9. The van der Waals surface area contributed by atoms with Crippen molar-refractivity contribution in [3.05, 3.63) is 112 Å². The van der Waals surface area contributed by atoms with Gasteiger partial charge in [-0.15, -0.1) is 0 Å². The maximum absolute atomic E-state index is 14.1. The number of anilines is 3. The van der Waals surface area contributed by atoms with E-state index >= 15 is 0 Å². The summed E-state index contributed by atoms with van der Waals surface area (Å²) >= 11 is 6.34. The topological polar surface area (TPSA) is 189 Å². The van der Waals surface area contributed by atoms with Crippen molar-refractivity contribution in [1.82, 2.24) is 20.0 Å². The number of amides is 6. The fourth-order valence-electron chi connectivity index (χ4n) is 11.5. The van der Waals surface area contributed by atoms with E-state index in [-0.39, 0.29) is 54.3 Å². The van der Waals surface area contributed by atoms with Gasteiger partial charge in [-0.2, -0.15) is 0 Å². The van der Waals surface area contributed by atoms with Crippen LogP contribution in [-0.2, 0) is 39.8 Å². The molecule has 9 rings (SSSR count). The van der Waals surface area contributed by atoms with Crippen molar-refractivity contribution in [3.8, 4) is 11.5 Å². The molecule has 2 N–H and O–H groups in total. The predicted molar refractivity (Wildman–Crippen MR) is 296 cm³/mol. The number of fused-ring (bicyclic) bond motifs is 2. The molecule has 4 aromatic rings. The van der Waals surface area contributed by atoms with E-state index in [4.69, 9.17) is 35.3 Å². The second kappa shape index (κ2) is 25.9. The van der Waals surface area contributed by atoms with Gasteiger partial charge in [0.1, 0.15) is 6.04 Å². The van der Waals surface area contributed by atoms with E-state index in [2.05, 4.69) is 51.7 Å². The lowest BCUT2D eigenvalue weighted by Gasteiger charge is -2.42. The molecule has 6 amide bonds. The number of hydrogen-bond donors (Lipinski definition) is 2. The highest BCUT2D eigenvalue weighted by Crippen LogP contribution is 2.44. The Bertz CT molecular complexity index is 2800. The van der Waals surface area contributed by atoms with E-state index < -0.39 is 29.7 Å². The summed E-state index contributed by atoms with van der Waals surface area (Å²) in [6, 6.07) is 24.1. The molecule has 0 bridgehead atoms. The monoisotopic (exact) mass is 1090 g/mol. The molecule has 0 aromatic heterocycles. The molecule has 1 unspecified atom stereocenters. The first-order chi connectivity index (χ1) is 37.8. The molecule has 0 spiro atoms. The van der Waals surface area contributed by atoms with Gasteiger partial charge in [-0.3, -0.25) is 43.9 Å². The molecule has 4 heterocycles. The van der Waals surface area contributed by atoms with E-state index in [1.54, 1.807) is 25.3 Å². The summed E-state index contributed by atoms with van der Waals surface area (Å²) in [7, 11) is 3.77. The predicted octanol–water partition coefficient (Wildman–Crippen LogP) is 6.91. The lowest BCUT2D eigenvalue weighted by atomic mass is 9.84. The first-order valence-corrected chi connectivity index (χ1v) is 27.7. The van der Waals surface area contributed by atoms with E-state index in [9.17, 15) is 28.8 Å². The first kappa shape index (κ1) is 56.2. The quantitative estimate of drug-likeness (QED) is 0.0576. The number of nitrogens with zero attached hydrogens (tertiary/aromatic N) is 5. The van der Waals surface area contributed by atoms with Crippen LogP contribution in [0.2, 0.25) is 5.02 Å². The molecule has 1 aliphatic carbocycles. The van der Waals surface area contributed by atoms with E-state index in [1.165, 1.54) is 0 Å². The Hall–Kier alpha value is -6.57. The molecule has 4 aliphatic heterocycles. The van der Waals surface area contributed by atoms with Crippen molar-refractivity contribution in [1.29, 1.82) is 0 Å². The third-order valence-corrected chi connectivity index (χ3v) is 15.7. The zero-order valence-electron chi connectivity index (χ0n) is 45.1. The average Bonchev–Trinajstić information content (AvgIpc) is 3.72. The number of ether oxygens (including phenoxy) is 5. The molecule has 18 nitrogen and oxygen atoms in total. The van der Waals surface area contributed by atoms with Gasteiger partial charge in [0.15, 0.2) is 11.5 Å². The Morgan fingerprint density at radius 1 is 0.782 bits per heavy atom. The first-order valence-electron chi connectivity index (χ1n) is 27.4. The summed E-state index contributed by atoms with van der Waals surface area (Å²) in [6.07, 6.45) is 5.25. The van der Waals surface area contributed by atoms with Crippen LogP contribution in [0, 0.1) is 5.92 Å². The van der Waals surface area contributed by atoms with Crippen LogP contribution in [0.5, 0.6) is 11.5 Å². The molecule has 2 atom stereocenters. The number of rotatable bonds is 23. The summed E-state index contributed by atoms with van der Waals surface area (Å²) in [4.78, 5) is 87.3. The zero-order chi connectivity index (χ0) is 54.9. The lowest BCUT2D eigenvalue weighted by molar-refractivity contribution is -0.136. The van der Waals surface area contributed by atoms with Gasteiger partial charge in [0.25, 0.3) is 11.8 Å². The second-order valence-corrected chi connectivity index (χ2v) is 21.4. The number of carbonyl (C=O) groups excluding carboxylic acids is 6. The maximum atomic E-state index is 14.1. The van der Waals surface area contributed by atoms with Gasteiger partial charge in [-0.25, -0.2) is 0 Å². The standard InChI is InChI=1S/C59H72ClN7O11/c1-38(2)78-51-36-47-41(34-50(51)74-4)35-54(70)66(56(47)40-10-12-42(60)13-11-40)45-18-16-43(17-19-45)63(3)37-39-8-14-44(15-9-39)64-24-26-65(27-25-64)53(69)22-28-75-30-32-77-33-31-76-29-23-61-48-7-5-6-46-55(48)59(73)67(58(46)72)49-20-21-52(68)62-57(49)71/h5-7,10-13,16-19,34,36,38-39,44,49,56,61H,8-9,14-15,20-33,35,37H2,1-4H3,(H,62,68,71)/t39-,44-,49?,56-/m0/s1. The van der Waals surface area contributed by atoms with Crippen LogP contribution in [0.4, 0.5) is 17.1 Å². The van der Waals surface area contributed by atoms with Crippen LogP contribution in [0.3, 0.4) is 0 Å². The summed E-state index contributed by atoms with van der Waals surface area (Å²) < 4.78 is 28.9. The van der Waals surface area contributed by atoms with Crippen LogP contribution in [-0.4, -0.2) is 161 Å². The number of piperidine rings is 1. The van der Waals surface area contributed by atoms with Crippen molar-refractivity contribution in [2.45, 2.75) is 89.4 Å². The third kappa shape index (κ3) is 13.1. The maximum Gasteiger partial charge on any atom is 0.264 e. The van der Waals surface area contributed by atoms with Gasteiger partial charge in [-0.1, -0.05) is 29.8 Å². The van der Waals surface area contributed by atoms with Crippen molar-refractivity contribution in [2.75, 3.05) is 108 Å².